The molecule has 2 aromatic heterocycles. The maximum Gasteiger partial charge on any atom is 0.321 e. The van der Waals surface area contributed by atoms with E-state index in [2.05, 4.69) is 25.5 Å². The van der Waals surface area contributed by atoms with E-state index < -0.39 is 11.8 Å². The van der Waals surface area contributed by atoms with Gasteiger partial charge in [-0.15, -0.1) is 0 Å². The Hall–Kier alpha value is -3.02. The molecule has 180 valence electrons. The molecule has 9 nitrogen and oxygen atoms in total. The molecule has 34 heavy (non-hydrogen) atoms. The Morgan fingerprint density at radius 3 is 2.68 bits per heavy atom. The van der Waals surface area contributed by atoms with Gasteiger partial charge in [-0.3, -0.25) is 10.1 Å². The van der Waals surface area contributed by atoms with Gasteiger partial charge in [0.25, 0.3) is 0 Å². The van der Waals surface area contributed by atoms with Gasteiger partial charge in [-0.1, -0.05) is 22.9 Å². The normalized spacial score (nSPS) is 14.3. The second-order valence-corrected chi connectivity index (χ2v) is 9.40. The minimum atomic E-state index is -0.452. The number of nitrogens with zero attached hydrogens (tertiary/aromatic N) is 5. The van der Waals surface area contributed by atoms with Gasteiger partial charge in [-0.2, -0.15) is 0 Å². The zero-order chi connectivity index (χ0) is 24.2. The number of fused-ring (bicyclic) bond motifs is 1. The fraction of sp³-hybridized carbons (Fsp3) is 0.364. The number of rotatable bonds is 6. The zero-order valence-electron chi connectivity index (χ0n) is 18.8. The highest BCUT2D eigenvalue weighted by Crippen LogP contribution is 2.30. The topological polar surface area (TPSA) is 93.7 Å². The standard InChI is InChI=1S/C22H25ClFN7O2S/c1-29-9-11-31(12-10-29)19(32)7-8-25-21(33)28-22-26-16-4-6-18(27-20(16)34-22)30(2)17-5-3-14(23)13-15(17)24/h3-6,13H,7-12H2,1-2H3,(H2,25,26,28,33). The highest BCUT2D eigenvalue weighted by Gasteiger charge is 2.19. The van der Waals surface area contributed by atoms with Crippen LogP contribution >= 0.6 is 22.9 Å². The molecular formula is C22H25ClFN7O2S. The third-order valence-corrected chi connectivity index (χ3v) is 6.67. The van der Waals surface area contributed by atoms with Crippen LogP contribution in [0.5, 0.6) is 0 Å². The van der Waals surface area contributed by atoms with Crippen LogP contribution in [0.3, 0.4) is 0 Å². The average molecular weight is 506 g/mol. The Morgan fingerprint density at radius 1 is 1.18 bits per heavy atom. The highest BCUT2D eigenvalue weighted by molar-refractivity contribution is 7.22. The number of halogens is 2. The fourth-order valence-electron chi connectivity index (χ4n) is 3.56. The van der Waals surface area contributed by atoms with Crippen molar-refractivity contribution in [2.45, 2.75) is 6.42 Å². The number of carbonyl (C=O) groups is 2. The smallest absolute Gasteiger partial charge is 0.321 e. The summed E-state index contributed by atoms with van der Waals surface area (Å²) >= 11 is 7.04. The number of benzene rings is 1. The predicted octanol–water partition coefficient (Wildman–Crippen LogP) is 3.54. The lowest BCUT2D eigenvalue weighted by atomic mass is 10.2. The summed E-state index contributed by atoms with van der Waals surface area (Å²) in [5.74, 6) is 0.105. The summed E-state index contributed by atoms with van der Waals surface area (Å²) in [4.78, 5) is 39.6. The molecule has 0 unspecified atom stereocenters. The van der Waals surface area contributed by atoms with Crippen LogP contribution in [0.15, 0.2) is 30.3 Å². The van der Waals surface area contributed by atoms with E-state index in [4.69, 9.17) is 11.6 Å². The van der Waals surface area contributed by atoms with Crippen molar-refractivity contribution >= 4 is 61.9 Å². The molecule has 1 aliphatic heterocycles. The van der Waals surface area contributed by atoms with Crippen molar-refractivity contribution in [2.75, 3.05) is 57.0 Å². The lowest BCUT2D eigenvalue weighted by Gasteiger charge is -2.32. The van der Waals surface area contributed by atoms with Gasteiger partial charge >= 0.3 is 6.03 Å². The molecule has 1 fully saturated rings. The first-order valence-electron chi connectivity index (χ1n) is 10.8. The molecule has 0 radical (unpaired) electrons. The lowest BCUT2D eigenvalue weighted by Crippen LogP contribution is -2.47. The molecule has 1 saturated heterocycles. The molecular weight excluding hydrogens is 481 g/mol. The minimum absolute atomic E-state index is 0.0337. The molecule has 12 heteroatoms. The molecule has 1 aromatic carbocycles. The molecule has 3 amide bonds. The van der Waals surface area contributed by atoms with E-state index in [1.165, 1.54) is 17.4 Å². The van der Waals surface area contributed by atoms with Gasteiger partial charge in [0.15, 0.2) is 5.13 Å². The summed E-state index contributed by atoms with van der Waals surface area (Å²) < 4.78 is 14.3. The first-order chi connectivity index (χ1) is 16.3. The quantitative estimate of drug-likeness (QED) is 0.532. The molecule has 0 bridgehead atoms. The monoisotopic (exact) mass is 505 g/mol. The fourth-order valence-corrected chi connectivity index (χ4v) is 4.55. The maximum absolute atomic E-state index is 14.3. The Balaban J connectivity index is 1.33. The van der Waals surface area contributed by atoms with Gasteiger partial charge in [0.2, 0.25) is 5.91 Å². The Kier molecular flexibility index (Phi) is 7.44. The van der Waals surface area contributed by atoms with E-state index in [0.717, 1.165) is 13.1 Å². The Bertz CT molecular complexity index is 1200. The number of piperazine rings is 1. The molecule has 3 heterocycles. The van der Waals surface area contributed by atoms with E-state index in [1.54, 1.807) is 36.2 Å². The van der Waals surface area contributed by atoms with E-state index in [-0.39, 0.29) is 18.9 Å². The van der Waals surface area contributed by atoms with Gasteiger partial charge in [0, 0.05) is 51.2 Å². The second kappa shape index (κ2) is 10.5. The van der Waals surface area contributed by atoms with E-state index in [0.29, 0.717) is 45.1 Å². The highest BCUT2D eigenvalue weighted by atomic mass is 35.5. The first kappa shape index (κ1) is 24.1. The lowest BCUT2D eigenvalue weighted by molar-refractivity contribution is -0.132. The van der Waals surface area contributed by atoms with Crippen molar-refractivity contribution in [3.63, 3.8) is 0 Å². The van der Waals surface area contributed by atoms with Crippen LogP contribution in [0, 0.1) is 5.82 Å². The van der Waals surface area contributed by atoms with Crippen LogP contribution in [0.4, 0.5) is 25.8 Å². The summed E-state index contributed by atoms with van der Waals surface area (Å²) in [5, 5.41) is 6.07. The van der Waals surface area contributed by atoms with Crippen LogP contribution in [-0.2, 0) is 4.79 Å². The Morgan fingerprint density at radius 2 is 1.94 bits per heavy atom. The molecule has 0 saturated carbocycles. The van der Waals surface area contributed by atoms with Crippen molar-refractivity contribution in [3.05, 3.63) is 41.2 Å². The largest absolute Gasteiger partial charge is 0.340 e. The maximum atomic E-state index is 14.3. The third-order valence-electron chi connectivity index (χ3n) is 5.56. The number of urea groups is 1. The molecule has 4 rings (SSSR count). The molecule has 0 atom stereocenters. The van der Waals surface area contributed by atoms with Crippen LogP contribution in [0.25, 0.3) is 10.3 Å². The summed E-state index contributed by atoms with van der Waals surface area (Å²) in [6, 6.07) is 7.49. The van der Waals surface area contributed by atoms with Gasteiger partial charge in [-0.05, 0) is 37.4 Å². The number of thiazole rings is 1. The number of aromatic nitrogens is 2. The third kappa shape index (κ3) is 5.72. The van der Waals surface area contributed by atoms with Crippen LogP contribution in [0.1, 0.15) is 6.42 Å². The van der Waals surface area contributed by atoms with Gasteiger partial charge in [0.05, 0.1) is 5.69 Å². The van der Waals surface area contributed by atoms with Gasteiger partial charge < -0.3 is 20.0 Å². The molecule has 2 N–H and O–H groups in total. The summed E-state index contributed by atoms with van der Waals surface area (Å²) in [6.45, 7) is 3.38. The van der Waals surface area contributed by atoms with Gasteiger partial charge in [0.1, 0.15) is 22.0 Å². The number of nitrogens with one attached hydrogen (secondary N) is 2. The Labute approximate surface area is 205 Å². The predicted molar refractivity (Wildman–Crippen MR) is 133 cm³/mol. The molecule has 0 aliphatic carbocycles. The summed E-state index contributed by atoms with van der Waals surface area (Å²) in [6.07, 6.45) is 0.246. The number of amides is 3. The van der Waals surface area contributed by atoms with Crippen LogP contribution < -0.4 is 15.5 Å². The van der Waals surface area contributed by atoms with Crippen molar-refractivity contribution < 1.29 is 14.0 Å². The second-order valence-electron chi connectivity index (χ2n) is 7.98. The number of carbonyl (C=O) groups excluding carboxylic acids is 2. The zero-order valence-corrected chi connectivity index (χ0v) is 20.4. The van der Waals surface area contributed by atoms with Gasteiger partial charge in [-0.25, -0.2) is 19.2 Å². The average Bonchev–Trinajstić information content (AvgIpc) is 3.20. The number of likely N-dealkylation sites (N-methyl/N-ethyl adjacent to an activating group) is 1. The SMILES string of the molecule is CN1CCN(C(=O)CCNC(=O)Nc2nc3ccc(N(C)c4ccc(Cl)cc4F)nc3s2)CC1. The van der Waals surface area contributed by atoms with Crippen molar-refractivity contribution in [3.8, 4) is 0 Å². The van der Waals surface area contributed by atoms with Crippen molar-refractivity contribution in [1.29, 1.82) is 0 Å². The van der Waals surface area contributed by atoms with Crippen LogP contribution in [0.2, 0.25) is 5.02 Å². The summed E-state index contributed by atoms with van der Waals surface area (Å²) in [5.41, 5.74) is 0.948. The molecule has 3 aromatic rings. The van der Waals surface area contributed by atoms with E-state index >= 15 is 0 Å². The minimum Gasteiger partial charge on any atom is -0.340 e. The van der Waals surface area contributed by atoms with Crippen LogP contribution in [-0.4, -0.2) is 78.5 Å². The number of pyridine rings is 1. The van der Waals surface area contributed by atoms with E-state index in [9.17, 15) is 14.0 Å². The molecule has 1 aliphatic rings. The van der Waals surface area contributed by atoms with Crippen molar-refractivity contribution in [1.82, 2.24) is 25.1 Å². The first-order valence-corrected chi connectivity index (χ1v) is 12.0. The molecule has 0 spiro atoms. The number of hydrogen-bond acceptors (Lipinski definition) is 7. The van der Waals surface area contributed by atoms with Crippen molar-refractivity contribution in [2.24, 2.45) is 0 Å². The number of anilines is 3. The van der Waals surface area contributed by atoms with E-state index in [1.807, 2.05) is 11.9 Å². The summed E-state index contributed by atoms with van der Waals surface area (Å²) in [7, 11) is 3.74. The number of hydrogen-bond donors (Lipinski definition) is 2.